The number of hydrogen-bond acceptors (Lipinski definition) is 2. The first kappa shape index (κ1) is 2.99. The van der Waals surface area contributed by atoms with E-state index in [1.165, 1.54) is 0 Å². The fourth-order valence-corrected chi connectivity index (χ4v) is 0.773. The first-order chi connectivity index (χ1) is 2.97. The van der Waals surface area contributed by atoms with Crippen LogP contribution in [0.1, 0.15) is 0 Å². The molecule has 2 rings (SSSR count). The number of epoxide rings is 1. The number of fused-ring (bicyclic) bond motifs is 1. The lowest BCUT2D eigenvalue weighted by Gasteiger charge is -1.87. The first-order valence-electron chi connectivity index (χ1n) is 2.20. The van der Waals surface area contributed by atoms with Crippen molar-refractivity contribution in [2.45, 2.75) is 12.2 Å². The van der Waals surface area contributed by atoms with E-state index in [-0.39, 0.29) is 0 Å². The van der Waals surface area contributed by atoms with E-state index in [1.54, 1.807) is 0 Å². The lowest BCUT2D eigenvalue weighted by molar-refractivity contribution is 0.100. The number of rotatable bonds is 0. The zero-order valence-corrected chi connectivity index (χ0v) is 3.39. The maximum absolute atomic E-state index is 5.03. The van der Waals surface area contributed by atoms with E-state index in [9.17, 15) is 0 Å². The molecule has 0 saturated carbocycles. The molecule has 6 heavy (non-hydrogen) atoms. The van der Waals surface area contributed by atoms with Crippen molar-refractivity contribution in [2.75, 3.05) is 13.2 Å². The maximum Gasteiger partial charge on any atom is 0.110 e. The van der Waals surface area contributed by atoms with Crippen LogP contribution in [0.3, 0.4) is 0 Å². The Bertz CT molecular complexity index is 63.9. The predicted octanol–water partition coefficient (Wildman–Crippen LogP) is -0.216. The summed E-state index contributed by atoms with van der Waals surface area (Å²) in [6.45, 7) is 1.68. The summed E-state index contributed by atoms with van der Waals surface area (Å²) in [7, 11) is 0. The van der Waals surface area contributed by atoms with Gasteiger partial charge in [-0.25, -0.2) is 0 Å². The van der Waals surface area contributed by atoms with Crippen LogP contribution in [-0.2, 0) is 9.47 Å². The van der Waals surface area contributed by atoms with Gasteiger partial charge in [0.15, 0.2) is 0 Å². The van der Waals surface area contributed by atoms with Gasteiger partial charge in [-0.2, -0.15) is 0 Å². The Hall–Kier alpha value is -0.0800. The molecule has 0 spiro atoms. The average Bonchev–Trinajstić information content (AvgIpc) is 2.17. The minimum absolute atomic E-state index is 0.491. The molecule has 0 aromatic carbocycles. The van der Waals surface area contributed by atoms with Crippen molar-refractivity contribution in [1.82, 2.24) is 0 Å². The Morgan fingerprint density at radius 2 is 1.83 bits per heavy atom. The van der Waals surface area contributed by atoms with Gasteiger partial charge in [0.05, 0.1) is 13.2 Å². The largest absolute Gasteiger partial charge is 0.376 e. The van der Waals surface area contributed by atoms with Crippen LogP contribution in [0.5, 0.6) is 0 Å². The fourth-order valence-electron chi connectivity index (χ4n) is 0.773. The summed E-state index contributed by atoms with van der Waals surface area (Å²) >= 11 is 0. The number of hydrogen-bond donors (Lipinski definition) is 0. The summed E-state index contributed by atoms with van der Waals surface area (Å²) in [5.41, 5.74) is 0. The van der Waals surface area contributed by atoms with Crippen LogP contribution in [0.2, 0.25) is 0 Å². The molecule has 0 N–H and O–H groups in total. The lowest BCUT2D eigenvalue weighted by atomic mass is 10.4. The summed E-state index contributed by atoms with van der Waals surface area (Å²) in [6.07, 6.45) is 0.981. The quantitative estimate of drug-likeness (QED) is 0.380. The van der Waals surface area contributed by atoms with Gasteiger partial charge in [0, 0.05) is 0 Å². The minimum Gasteiger partial charge on any atom is -0.376 e. The monoisotopic (exact) mass is 86.0 g/mol. The summed E-state index contributed by atoms with van der Waals surface area (Å²) < 4.78 is 10.0. The van der Waals surface area contributed by atoms with Crippen LogP contribution in [0.15, 0.2) is 0 Å². The van der Waals surface area contributed by atoms with Gasteiger partial charge in [-0.15, -0.1) is 0 Å². The molecule has 2 aliphatic rings. The average molecular weight is 86.1 g/mol. The zero-order valence-electron chi connectivity index (χ0n) is 3.39. The van der Waals surface area contributed by atoms with Crippen molar-refractivity contribution >= 4 is 0 Å². The van der Waals surface area contributed by atoms with Crippen LogP contribution in [0.25, 0.3) is 0 Å². The van der Waals surface area contributed by atoms with Crippen molar-refractivity contribution < 1.29 is 9.47 Å². The summed E-state index contributed by atoms with van der Waals surface area (Å²) in [5.74, 6) is 0. The third-order valence-electron chi connectivity index (χ3n) is 1.25. The highest BCUT2D eigenvalue weighted by Gasteiger charge is 2.43. The van der Waals surface area contributed by atoms with Gasteiger partial charge < -0.3 is 9.47 Å². The van der Waals surface area contributed by atoms with Gasteiger partial charge in [0.25, 0.3) is 0 Å². The highest BCUT2D eigenvalue weighted by Crippen LogP contribution is 2.27. The first-order valence-corrected chi connectivity index (χ1v) is 2.20. The second kappa shape index (κ2) is 0.768. The zero-order chi connectivity index (χ0) is 3.98. The summed E-state index contributed by atoms with van der Waals surface area (Å²) in [4.78, 5) is 0. The smallest absolute Gasteiger partial charge is 0.110 e. The molecule has 2 atom stereocenters. The Morgan fingerprint density at radius 1 is 1.17 bits per heavy atom. The van der Waals surface area contributed by atoms with E-state index in [2.05, 4.69) is 0 Å². The topological polar surface area (TPSA) is 21.8 Å². The van der Waals surface area contributed by atoms with E-state index in [0.717, 1.165) is 13.2 Å². The normalized spacial score (nSPS) is 52.0. The Kier molecular flexibility index (Phi) is 0.383. The molecule has 2 saturated heterocycles. The molecular formula is C4H6O2. The SMILES string of the molecule is C1OC[C@H]2O[C@@H]12. The molecule has 34 valence electrons. The van der Waals surface area contributed by atoms with E-state index >= 15 is 0 Å². The molecule has 0 aromatic heterocycles. The van der Waals surface area contributed by atoms with Gasteiger partial charge in [0.1, 0.15) is 12.2 Å². The van der Waals surface area contributed by atoms with Crippen LogP contribution in [0, 0.1) is 0 Å². The van der Waals surface area contributed by atoms with Crippen molar-refractivity contribution in [3.63, 3.8) is 0 Å². The molecule has 0 bridgehead atoms. The van der Waals surface area contributed by atoms with Gasteiger partial charge in [-0.3, -0.25) is 0 Å². The van der Waals surface area contributed by atoms with Crippen LogP contribution >= 0.6 is 0 Å². The van der Waals surface area contributed by atoms with Gasteiger partial charge in [-0.05, 0) is 0 Å². The van der Waals surface area contributed by atoms with Crippen LogP contribution in [0.4, 0.5) is 0 Å². The standard InChI is InChI=1S/C4H6O2/c1-3-4(6-3)2-5-1/h3-4H,1-2H2/t3-,4+. The van der Waals surface area contributed by atoms with E-state index in [4.69, 9.17) is 9.47 Å². The second-order valence-corrected chi connectivity index (χ2v) is 1.75. The highest BCUT2D eigenvalue weighted by molar-refractivity contribution is 4.88. The number of ether oxygens (including phenoxy) is 2. The molecule has 2 heterocycles. The molecule has 0 unspecified atom stereocenters. The summed E-state index contributed by atoms with van der Waals surface area (Å²) in [6, 6.07) is 0. The van der Waals surface area contributed by atoms with Crippen molar-refractivity contribution in [1.29, 1.82) is 0 Å². The maximum atomic E-state index is 5.03. The van der Waals surface area contributed by atoms with Gasteiger partial charge in [-0.1, -0.05) is 0 Å². The molecule has 0 radical (unpaired) electrons. The van der Waals surface area contributed by atoms with E-state index in [1.807, 2.05) is 0 Å². The van der Waals surface area contributed by atoms with Crippen LogP contribution in [-0.4, -0.2) is 25.4 Å². The third kappa shape index (κ3) is 0.235. The minimum atomic E-state index is 0.491. The molecule has 2 heteroatoms. The highest BCUT2D eigenvalue weighted by atomic mass is 16.7. The van der Waals surface area contributed by atoms with Crippen molar-refractivity contribution in [3.8, 4) is 0 Å². The molecule has 0 aliphatic carbocycles. The Balaban J connectivity index is 2.09. The van der Waals surface area contributed by atoms with Crippen molar-refractivity contribution in [2.24, 2.45) is 0 Å². The van der Waals surface area contributed by atoms with Crippen LogP contribution < -0.4 is 0 Å². The molecule has 2 aliphatic heterocycles. The Labute approximate surface area is 36.0 Å². The molecule has 0 aromatic rings. The molecule has 0 amide bonds. The van der Waals surface area contributed by atoms with Gasteiger partial charge >= 0.3 is 0 Å². The summed E-state index contributed by atoms with van der Waals surface area (Å²) in [5, 5.41) is 0. The molecule has 2 nitrogen and oxygen atoms in total. The van der Waals surface area contributed by atoms with Crippen molar-refractivity contribution in [3.05, 3.63) is 0 Å². The predicted molar refractivity (Wildman–Crippen MR) is 19.5 cm³/mol. The second-order valence-electron chi connectivity index (χ2n) is 1.75. The molecule has 2 fully saturated rings. The van der Waals surface area contributed by atoms with E-state index < -0.39 is 0 Å². The Morgan fingerprint density at radius 3 is 2.00 bits per heavy atom. The lowest BCUT2D eigenvalue weighted by Crippen LogP contribution is -1.91. The third-order valence-corrected chi connectivity index (χ3v) is 1.25. The fraction of sp³-hybridized carbons (Fsp3) is 1.00. The van der Waals surface area contributed by atoms with E-state index in [0.29, 0.717) is 12.2 Å². The molecular weight excluding hydrogens is 80.0 g/mol. The van der Waals surface area contributed by atoms with Gasteiger partial charge in [0.2, 0.25) is 0 Å².